The first-order valence-electron chi connectivity index (χ1n) is 9.79. The van der Waals surface area contributed by atoms with Crippen molar-refractivity contribution in [3.05, 3.63) is 105 Å². The average Bonchev–Trinajstić information content (AvgIpc) is 3.05. The van der Waals surface area contributed by atoms with Gasteiger partial charge in [0.15, 0.2) is 0 Å². The maximum Gasteiger partial charge on any atom is 0.282 e. The molecule has 2 heterocycles. The van der Waals surface area contributed by atoms with Crippen molar-refractivity contribution in [3.63, 3.8) is 0 Å². The highest BCUT2D eigenvalue weighted by Gasteiger charge is 2.58. The number of β-lactam (4-membered cyclic amide) rings is 1. The lowest BCUT2D eigenvalue weighted by molar-refractivity contribution is -0.385. The smallest absolute Gasteiger partial charge is 0.282 e. The van der Waals surface area contributed by atoms with Crippen molar-refractivity contribution in [2.45, 2.75) is 12.1 Å². The second kappa shape index (κ2) is 7.30. The first-order chi connectivity index (χ1) is 15.8. The van der Waals surface area contributed by atoms with Gasteiger partial charge in [-0.25, -0.2) is 8.78 Å². The summed E-state index contributed by atoms with van der Waals surface area (Å²) >= 11 is 0. The van der Waals surface area contributed by atoms with Crippen LogP contribution < -0.4 is 4.90 Å². The summed E-state index contributed by atoms with van der Waals surface area (Å²) in [5.41, 5.74) is -0.335. The molecule has 2 aliphatic rings. The van der Waals surface area contributed by atoms with E-state index in [1.54, 1.807) is 0 Å². The Hall–Kier alpha value is -4.47. The predicted octanol–water partition coefficient (Wildman–Crippen LogP) is 3.63. The highest BCUT2D eigenvalue weighted by Crippen LogP contribution is 2.45. The first kappa shape index (κ1) is 20.4. The molecule has 1 saturated heterocycles. The van der Waals surface area contributed by atoms with Crippen molar-refractivity contribution in [1.82, 2.24) is 4.90 Å². The van der Waals surface area contributed by atoms with E-state index in [9.17, 15) is 33.3 Å². The van der Waals surface area contributed by atoms with E-state index in [2.05, 4.69) is 0 Å². The SMILES string of the molecule is O=C1c2cccc([N+](=O)[O-])c2C(=O)N1C1C(=O)N(c2ccc(F)cc2)C1c1ccc(F)cc1. The number of fused-ring (bicyclic) bond motifs is 1. The largest absolute Gasteiger partial charge is 0.300 e. The molecule has 0 saturated carbocycles. The molecule has 0 aliphatic carbocycles. The van der Waals surface area contributed by atoms with Gasteiger partial charge in [-0.15, -0.1) is 0 Å². The van der Waals surface area contributed by atoms with Crippen molar-refractivity contribution >= 4 is 29.1 Å². The van der Waals surface area contributed by atoms with Gasteiger partial charge in [0.25, 0.3) is 23.4 Å². The maximum atomic E-state index is 13.5. The van der Waals surface area contributed by atoms with Crippen molar-refractivity contribution in [1.29, 1.82) is 0 Å². The molecular formula is C23H13F2N3O5. The zero-order chi connectivity index (χ0) is 23.4. The van der Waals surface area contributed by atoms with Crippen LogP contribution >= 0.6 is 0 Å². The first-order valence-corrected chi connectivity index (χ1v) is 9.79. The van der Waals surface area contributed by atoms with Gasteiger partial charge in [0.05, 0.1) is 16.5 Å². The fourth-order valence-corrected chi connectivity index (χ4v) is 4.30. The van der Waals surface area contributed by atoms with Gasteiger partial charge in [-0.2, -0.15) is 0 Å². The molecular weight excluding hydrogens is 436 g/mol. The normalized spacial score (nSPS) is 19.5. The molecule has 0 radical (unpaired) electrons. The fourth-order valence-electron chi connectivity index (χ4n) is 4.30. The van der Waals surface area contributed by atoms with Gasteiger partial charge in [0.1, 0.15) is 23.2 Å². The molecule has 1 fully saturated rings. The number of rotatable bonds is 4. The zero-order valence-electron chi connectivity index (χ0n) is 16.6. The van der Waals surface area contributed by atoms with E-state index >= 15 is 0 Å². The number of carbonyl (C=O) groups excluding carboxylic acids is 3. The van der Waals surface area contributed by atoms with Gasteiger partial charge in [0, 0.05) is 11.8 Å². The molecule has 2 atom stereocenters. The van der Waals surface area contributed by atoms with E-state index in [4.69, 9.17) is 0 Å². The summed E-state index contributed by atoms with van der Waals surface area (Å²) in [6.07, 6.45) is 0. The van der Waals surface area contributed by atoms with Crippen LogP contribution in [0.3, 0.4) is 0 Å². The van der Waals surface area contributed by atoms with Gasteiger partial charge in [-0.3, -0.25) is 29.4 Å². The number of nitrogens with zero attached hydrogens (tertiary/aromatic N) is 3. The summed E-state index contributed by atoms with van der Waals surface area (Å²) in [4.78, 5) is 52.1. The fraction of sp³-hybridized carbons (Fsp3) is 0.0870. The lowest BCUT2D eigenvalue weighted by Gasteiger charge is -2.49. The number of imide groups is 1. The Kier molecular flexibility index (Phi) is 4.52. The molecule has 2 aliphatic heterocycles. The molecule has 0 N–H and O–H groups in total. The van der Waals surface area contributed by atoms with Gasteiger partial charge in [-0.05, 0) is 48.0 Å². The molecule has 33 heavy (non-hydrogen) atoms. The average molecular weight is 449 g/mol. The van der Waals surface area contributed by atoms with Gasteiger partial charge >= 0.3 is 0 Å². The number of halogens is 2. The Morgan fingerprint density at radius 2 is 1.36 bits per heavy atom. The van der Waals surface area contributed by atoms with Crippen LogP contribution in [-0.2, 0) is 4.79 Å². The quantitative estimate of drug-likeness (QED) is 0.262. The molecule has 3 aromatic carbocycles. The third-order valence-electron chi connectivity index (χ3n) is 5.78. The van der Waals surface area contributed by atoms with Gasteiger partial charge in [0.2, 0.25) is 0 Å². The number of benzene rings is 3. The van der Waals surface area contributed by atoms with Crippen molar-refractivity contribution < 1.29 is 28.1 Å². The van der Waals surface area contributed by atoms with Crippen molar-refractivity contribution in [2.75, 3.05) is 4.90 Å². The van der Waals surface area contributed by atoms with E-state index in [0.717, 1.165) is 18.2 Å². The van der Waals surface area contributed by atoms with Crippen LogP contribution in [0.15, 0.2) is 66.7 Å². The molecule has 10 heteroatoms. The molecule has 164 valence electrons. The number of anilines is 1. The van der Waals surface area contributed by atoms with E-state index < -0.39 is 52.1 Å². The second-order valence-electron chi connectivity index (χ2n) is 7.56. The maximum absolute atomic E-state index is 13.5. The molecule has 8 nitrogen and oxygen atoms in total. The Morgan fingerprint density at radius 1 is 0.758 bits per heavy atom. The Balaban J connectivity index is 1.60. The van der Waals surface area contributed by atoms with Gasteiger partial charge in [-0.1, -0.05) is 18.2 Å². The van der Waals surface area contributed by atoms with E-state index in [1.807, 2.05) is 0 Å². The highest BCUT2D eigenvalue weighted by molar-refractivity contribution is 6.26. The van der Waals surface area contributed by atoms with E-state index in [1.165, 1.54) is 53.4 Å². The molecule has 2 unspecified atom stereocenters. The summed E-state index contributed by atoms with van der Waals surface area (Å²) in [6.45, 7) is 0. The molecule has 3 aromatic rings. The van der Waals surface area contributed by atoms with Crippen LogP contribution in [0.4, 0.5) is 20.2 Å². The van der Waals surface area contributed by atoms with Crippen molar-refractivity contribution in [2.24, 2.45) is 0 Å². The highest BCUT2D eigenvalue weighted by atomic mass is 19.1. The van der Waals surface area contributed by atoms with Crippen LogP contribution in [0.25, 0.3) is 0 Å². The lowest BCUT2D eigenvalue weighted by atomic mass is 9.86. The van der Waals surface area contributed by atoms with Crippen molar-refractivity contribution in [3.8, 4) is 0 Å². The monoisotopic (exact) mass is 449 g/mol. The Labute approximate surface area is 184 Å². The number of hydrogen-bond donors (Lipinski definition) is 0. The Morgan fingerprint density at radius 3 is 1.97 bits per heavy atom. The standard InChI is InChI=1S/C23H13F2N3O5/c24-13-6-4-12(5-7-13)19-20(23(31)26(19)15-10-8-14(25)9-11-15)27-21(29)16-2-1-3-17(28(32)33)18(16)22(27)30/h1-11,19-20H. The minimum Gasteiger partial charge on any atom is -0.300 e. The summed E-state index contributed by atoms with van der Waals surface area (Å²) < 4.78 is 26.9. The molecule has 0 spiro atoms. The summed E-state index contributed by atoms with van der Waals surface area (Å²) in [5.74, 6) is -3.46. The topological polar surface area (TPSA) is 101 Å². The Bertz CT molecular complexity index is 1340. The number of hydrogen-bond acceptors (Lipinski definition) is 5. The number of nitro benzene ring substituents is 1. The number of nitro groups is 1. The number of amides is 3. The minimum absolute atomic E-state index is 0.167. The molecule has 0 aromatic heterocycles. The zero-order valence-corrected chi connectivity index (χ0v) is 16.6. The van der Waals surface area contributed by atoms with Crippen LogP contribution in [0.5, 0.6) is 0 Å². The second-order valence-corrected chi connectivity index (χ2v) is 7.56. The van der Waals surface area contributed by atoms with E-state index in [-0.39, 0.29) is 11.1 Å². The molecule has 3 amide bonds. The third-order valence-corrected chi connectivity index (χ3v) is 5.78. The number of carbonyl (C=O) groups is 3. The van der Waals surface area contributed by atoms with Gasteiger partial charge < -0.3 is 4.90 Å². The minimum atomic E-state index is -1.31. The van der Waals surface area contributed by atoms with Crippen LogP contribution in [0.2, 0.25) is 0 Å². The van der Waals surface area contributed by atoms with Crippen LogP contribution in [0.1, 0.15) is 32.3 Å². The lowest BCUT2D eigenvalue weighted by Crippen LogP contribution is -2.67. The van der Waals surface area contributed by atoms with E-state index in [0.29, 0.717) is 16.2 Å². The third kappa shape index (κ3) is 2.99. The van der Waals surface area contributed by atoms with Crippen LogP contribution in [0, 0.1) is 21.7 Å². The molecule has 5 rings (SSSR count). The predicted molar refractivity (Wildman–Crippen MR) is 110 cm³/mol. The molecule has 0 bridgehead atoms. The van der Waals surface area contributed by atoms with Crippen LogP contribution in [-0.4, -0.2) is 33.6 Å². The summed E-state index contributed by atoms with van der Waals surface area (Å²) in [6, 6.07) is 11.7. The summed E-state index contributed by atoms with van der Waals surface area (Å²) in [7, 11) is 0. The summed E-state index contributed by atoms with van der Waals surface area (Å²) in [5, 5.41) is 11.4.